The molecular weight excluding hydrogens is 232 g/mol. The average Bonchev–Trinajstić information content (AvgIpc) is 2.61. The third kappa shape index (κ3) is 3.06. The Hall–Kier alpha value is -0.840. The van der Waals surface area contributed by atoms with Crippen LogP contribution in [0, 0.1) is 0 Å². The zero-order valence-corrected chi connectivity index (χ0v) is 9.79. The van der Waals surface area contributed by atoms with Crippen molar-refractivity contribution in [3.8, 4) is 0 Å². The van der Waals surface area contributed by atoms with Gasteiger partial charge in [-0.2, -0.15) is 0 Å². The largest absolute Gasteiger partial charge is 0.376 e. The number of hydrogen-bond donors (Lipinski definition) is 2. The van der Waals surface area contributed by atoms with Gasteiger partial charge in [0.2, 0.25) is 0 Å². The predicted molar refractivity (Wildman–Crippen MR) is 65.8 cm³/mol. The standard InChI is InChI=1S/C10H12N2OS.ClH/c11-10(14)12-4-7-1-2-8-5-13-6-9(8)3-7;/h1-3H,4-6H2,(H3,11,12,14);1H. The van der Waals surface area contributed by atoms with E-state index >= 15 is 0 Å². The van der Waals surface area contributed by atoms with Gasteiger partial charge in [0.15, 0.2) is 5.11 Å². The number of hydrogen-bond acceptors (Lipinski definition) is 2. The normalized spacial score (nSPS) is 12.8. The summed E-state index contributed by atoms with van der Waals surface area (Å²) in [5.74, 6) is 0. The summed E-state index contributed by atoms with van der Waals surface area (Å²) < 4.78 is 5.32. The molecule has 1 aliphatic rings. The summed E-state index contributed by atoms with van der Waals surface area (Å²) >= 11 is 4.74. The van der Waals surface area contributed by atoms with Crippen molar-refractivity contribution in [2.45, 2.75) is 19.8 Å². The maximum absolute atomic E-state index is 5.35. The van der Waals surface area contributed by atoms with E-state index in [9.17, 15) is 0 Å². The molecule has 1 aromatic carbocycles. The molecule has 0 fully saturated rings. The number of rotatable bonds is 2. The number of nitrogens with two attached hydrogens (primary N) is 1. The molecule has 3 N–H and O–H groups in total. The molecule has 0 spiro atoms. The fraction of sp³-hybridized carbons (Fsp3) is 0.300. The van der Waals surface area contributed by atoms with Crippen LogP contribution in [0.25, 0.3) is 0 Å². The van der Waals surface area contributed by atoms with Crippen molar-refractivity contribution >= 4 is 29.7 Å². The third-order valence-electron chi connectivity index (χ3n) is 2.25. The molecule has 0 aliphatic carbocycles. The average molecular weight is 245 g/mol. The van der Waals surface area contributed by atoms with Crippen LogP contribution in [-0.2, 0) is 24.5 Å². The first-order chi connectivity index (χ1) is 6.75. The second-order valence-corrected chi connectivity index (χ2v) is 3.75. The Kier molecular flexibility index (Phi) is 4.32. The predicted octanol–water partition coefficient (Wildman–Crippen LogP) is 1.47. The van der Waals surface area contributed by atoms with Crippen LogP contribution in [0.15, 0.2) is 18.2 Å². The molecule has 0 saturated heterocycles. The molecule has 15 heavy (non-hydrogen) atoms. The highest BCUT2D eigenvalue weighted by Gasteiger charge is 2.10. The fourth-order valence-corrected chi connectivity index (χ4v) is 1.60. The van der Waals surface area contributed by atoms with Crippen molar-refractivity contribution in [1.82, 2.24) is 5.32 Å². The summed E-state index contributed by atoms with van der Waals surface area (Å²) in [5.41, 5.74) is 9.08. The lowest BCUT2D eigenvalue weighted by molar-refractivity contribution is 0.134. The Balaban J connectivity index is 0.00000112. The SMILES string of the molecule is Cl.NC(=S)NCc1ccc2c(c1)COC2. The van der Waals surface area contributed by atoms with E-state index in [4.69, 9.17) is 22.7 Å². The molecule has 2 rings (SSSR count). The summed E-state index contributed by atoms with van der Waals surface area (Å²) in [6.45, 7) is 2.14. The molecule has 1 aliphatic heterocycles. The van der Waals surface area contributed by atoms with Gasteiger partial charge in [-0.25, -0.2) is 0 Å². The maximum Gasteiger partial charge on any atom is 0.163 e. The van der Waals surface area contributed by atoms with E-state index < -0.39 is 0 Å². The van der Waals surface area contributed by atoms with Gasteiger partial charge in [0.05, 0.1) is 13.2 Å². The third-order valence-corrected chi connectivity index (χ3v) is 2.40. The topological polar surface area (TPSA) is 47.3 Å². The Morgan fingerprint density at radius 2 is 2.13 bits per heavy atom. The Morgan fingerprint density at radius 3 is 2.87 bits per heavy atom. The Bertz CT molecular complexity index is 370. The monoisotopic (exact) mass is 244 g/mol. The van der Waals surface area contributed by atoms with Crippen LogP contribution in [0.1, 0.15) is 16.7 Å². The van der Waals surface area contributed by atoms with Crippen LogP contribution in [0.3, 0.4) is 0 Å². The minimum absolute atomic E-state index is 0. The molecular formula is C10H13ClN2OS. The van der Waals surface area contributed by atoms with Gasteiger partial charge in [-0.1, -0.05) is 18.2 Å². The minimum atomic E-state index is 0. The van der Waals surface area contributed by atoms with Crippen LogP contribution in [0.4, 0.5) is 0 Å². The Morgan fingerprint density at radius 1 is 1.40 bits per heavy atom. The first kappa shape index (κ1) is 12.2. The first-order valence-corrected chi connectivity index (χ1v) is 4.88. The van der Waals surface area contributed by atoms with E-state index in [1.807, 2.05) is 0 Å². The van der Waals surface area contributed by atoms with Gasteiger partial charge in [-0.15, -0.1) is 12.4 Å². The van der Waals surface area contributed by atoms with Crippen molar-refractivity contribution in [2.24, 2.45) is 5.73 Å². The van der Waals surface area contributed by atoms with Gasteiger partial charge in [0.1, 0.15) is 0 Å². The van der Waals surface area contributed by atoms with Gasteiger partial charge < -0.3 is 15.8 Å². The van der Waals surface area contributed by atoms with Crippen LogP contribution in [0.5, 0.6) is 0 Å². The molecule has 1 aromatic rings. The second kappa shape index (κ2) is 5.30. The zero-order chi connectivity index (χ0) is 9.97. The smallest absolute Gasteiger partial charge is 0.163 e. The quantitative estimate of drug-likeness (QED) is 0.774. The molecule has 0 saturated carbocycles. The van der Waals surface area contributed by atoms with Crippen LogP contribution < -0.4 is 11.1 Å². The highest BCUT2D eigenvalue weighted by atomic mass is 35.5. The number of fused-ring (bicyclic) bond motifs is 1. The lowest BCUT2D eigenvalue weighted by Gasteiger charge is -2.05. The molecule has 0 atom stereocenters. The van der Waals surface area contributed by atoms with Crippen molar-refractivity contribution in [3.05, 3.63) is 34.9 Å². The van der Waals surface area contributed by atoms with Gasteiger partial charge >= 0.3 is 0 Å². The van der Waals surface area contributed by atoms with E-state index in [1.54, 1.807) is 0 Å². The van der Waals surface area contributed by atoms with Gasteiger partial charge in [-0.05, 0) is 28.9 Å². The highest BCUT2D eigenvalue weighted by Crippen LogP contribution is 2.20. The molecule has 3 nitrogen and oxygen atoms in total. The molecule has 0 radical (unpaired) electrons. The van der Waals surface area contributed by atoms with Crippen molar-refractivity contribution < 1.29 is 4.74 Å². The van der Waals surface area contributed by atoms with Gasteiger partial charge in [-0.3, -0.25) is 0 Å². The molecule has 5 heteroatoms. The molecule has 0 unspecified atom stereocenters. The summed E-state index contributed by atoms with van der Waals surface area (Å²) in [6.07, 6.45) is 0. The summed E-state index contributed by atoms with van der Waals surface area (Å²) in [6, 6.07) is 6.30. The maximum atomic E-state index is 5.35. The molecule has 1 heterocycles. The van der Waals surface area contributed by atoms with Crippen LogP contribution in [-0.4, -0.2) is 5.11 Å². The number of halogens is 1. The highest BCUT2D eigenvalue weighted by molar-refractivity contribution is 7.80. The fourth-order valence-electron chi connectivity index (χ4n) is 1.52. The number of benzene rings is 1. The van der Waals surface area contributed by atoms with Crippen LogP contribution >= 0.6 is 24.6 Å². The first-order valence-electron chi connectivity index (χ1n) is 4.47. The summed E-state index contributed by atoms with van der Waals surface area (Å²) in [5, 5.41) is 3.26. The van der Waals surface area contributed by atoms with E-state index in [0.29, 0.717) is 11.7 Å². The molecule has 0 amide bonds. The van der Waals surface area contributed by atoms with Crippen LogP contribution in [0.2, 0.25) is 0 Å². The minimum Gasteiger partial charge on any atom is -0.376 e. The van der Waals surface area contributed by atoms with Crippen molar-refractivity contribution in [1.29, 1.82) is 0 Å². The molecule has 82 valence electrons. The van der Waals surface area contributed by atoms with Gasteiger partial charge in [0.25, 0.3) is 0 Å². The zero-order valence-electron chi connectivity index (χ0n) is 8.16. The Labute approximate surface area is 100 Å². The number of nitrogens with one attached hydrogen (secondary N) is 1. The molecule has 0 bridgehead atoms. The van der Waals surface area contributed by atoms with E-state index in [0.717, 1.165) is 13.2 Å². The lowest BCUT2D eigenvalue weighted by atomic mass is 10.1. The lowest BCUT2D eigenvalue weighted by Crippen LogP contribution is -2.28. The van der Waals surface area contributed by atoms with E-state index in [1.165, 1.54) is 16.7 Å². The van der Waals surface area contributed by atoms with E-state index in [2.05, 4.69) is 23.5 Å². The van der Waals surface area contributed by atoms with Crippen molar-refractivity contribution in [3.63, 3.8) is 0 Å². The number of thiocarbonyl (C=S) groups is 1. The summed E-state index contributed by atoms with van der Waals surface area (Å²) in [7, 11) is 0. The van der Waals surface area contributed by atoms with Gasteiger partial charge in [0, 0.05) is 6.54 Å². The van der Waals surface area contributed by atoms with E-state index in [-0.39, 0.29) is 12.4 Å². The molecule has 0 aromatic heterocycles. The van der Waals surface area contributed by atoms with Crippen molar-refractivity contribution in [2.75, 3.05) is 0 Å². The summed E-state index contributed by atoms with van der Waals surface area (Å²) in [4.78, 5) is 0. The second-order valence-electron chi connectivity index (χ2n) is 3.31. The number of ether oxygens (including phenoxy) is 1.